The lowest BCUT2D eigenvalue weighted by atomic mass is 9.48. The van der Waals surface area contributed by atoms with Crippen molar-refractivity contribution in [2.24, 2.45) is 17.8 Å². The Kier molecular flexibility index (Phi) is 6.73. The Morgan fingerprint density at radius 1 is 1.09 bits per heavy atom. The Morgan fingerprint density at radius 3 is 2.37 bits per heavy atom. The first-order valence-electron chi connectivity index (χ1n) is 12.9. The molecule has 2 aromatic carbocycles. The number of fused-ring (bicyclic) bond motifs is 1. The van der Waals surface area contributed by atoms with Crippen LogP contribution < -0.4 is 4.74 Å². The van der Waals surface area contributed by atoms with Crippen molar-refractivity contribution in [2.75, 3.05) is 13.7 Å². The van der Waals surface area contributed by atoms with E-state index in [0.29, 0.717) is 12.2 Å². The molecule has 4 saturated carbocycles. The van der Waals surface area contributed by atoms with Crippen molar-refractivity contribution < 1.29 is 24.1 Å². The minimum atomic E-state index is -0.931. The summed E-state index contributed by atoms with van der Waals surface area (Å²) in [6.07, 6.45) is 12.9. The number of benzene rings is 2. The number of carbonyl (C=O) groups is 1. The smallest absolute Gasteiger partial charge is 0.328 e. The monoisotopic (exact) mass is 476 g/mol. The molecule has 5 heteroatoms. The summed E-state index contributed by atoms with van der Waals surface area (Å²) in [6, 6.07) is 10.8. The van der Waals surface area contributed by atoms with E-state index >= 15 is 0 Å². The lowest BCUT2D eigenvalue weighted by Gasteiger charge is -2.57. The molecule has 6 rings (SSSR count). The zero-order valence-electron chi connectivity index (χ0n) is 21.0. The fourth-order valence-corrected chi connectivity index (χ4v) is 7.21. The molecule has 0 amide bonds. The van der Waals surface area contributed by atoms with Gasteiger partial charge >= 0.3 is 12.4 Å². The van der Waals surface area contributed by atoms with Gasteiger partial charge in [-0.25, -0.2) is 4.79 Å². The van der Waals surface area contributed by atoms with Crippen molar-refractivity contribution in [1.29, 1.82) is 0 Å². The van der Waals surface area contributed by atoms with Crippen LogP contribution in [0.5, 0.6) is 5.75 Å². The SMILES string of the molecule is CCOC(OC)Oc1cc2ccc(C=CC(C)=CC(=O)O)cc2cc1C12CC3CC(CC(C3)C1)C2. The molecule has 35 heavy (non-hydrogen) atoms. The third-order valence-electron chi connectivity index (χ3n) is 8.18. The van der Waals surface area contributed by atoms with E-state index in [-0.39, 0.29) is 5.41 Å². The van der Waals surface area contributed by atoms with Gasteiger partial charge < -0.3 is 19.3 Å². The highest BCUT2D eigenvalue weighted by atomic mass is 16.8. The third kappa shape index (κ3) is 5.03. The highest BCUT2D eigenvalue weighted by Gasteiger charge is 2.52. The highest BCUT2D eigenvalue weighted by Crippen LogP contribution is 2.62. The van der Waals surface area contributed by atoms with Crippen molar-refractivity contribution in [3.05, 3.63) is 59.2 Å². The maximum absolute atomic E-state index is 10.9. The molecule has 0 heterocycles. The van der Waals surface area contributed by atoms with Gasteiger partial charge in [0.2, 0.25) is 0 Å². The van der Waals surface area contributed by atoms with Crippen molar-refractivity contribution in [2.45, 2.75) is 64.3 Å². The summed E-state index contributed by atoms with van der Waals surface area (Å²) >= 11 is 0. The maximum Gasteiger partial charge on any atom is 0.328 e. The first kappa shape index (κ1) is 24.1. The number of ether oxygens (including phenoxy) is 3. The lowest BCUT2D eigenvalue weighted by molar-refractivity contribution is -0.231. The second-order valence-electron chi connectivity index (χ2n) is 10.8. The van der Waals surface area contributed by atoms with Gasteiger partial charge in [0.05, 0.1) is 6.61 Å². The molecule has 4 aliphatic rings. The Bertz CT molecular complexity index is 1130. The van der Waals surface area contributed by atoms with Crippen LogP contribution in [-0.2, 0) is 19.7 Å². The maximum atomic E-state index is 10.9. The summed E-state index contributed by atoms with van der Waals surface area (Å²) in [5.41, 5.74) is 3.21. The van der Waals surface area contributed by atoms with Crippen LogP contribution in [0.4, 0.5) is 0 Å². The van der Waals surface area contributed by atoms with E-state index < -0.39 is 12.4 Å². The topological polar surface area (TPSA) is 65.0 Å². The van der Waals surface area contributed by atoms with E-state index in [4.69, 9.17) is 19.3 Å². The molecule has 4 bridgehead atoms. The van der Waals surface area contributed by atoms with Crippen LogP contribution in [0.25, 0.3) is 16.8 Å². The number of allylic oxidation sites excluding steroid dienone is 2. The molecule has 4 aliphatic carbocycles. The van der Waals surface area contributed by atoms with Gasteiger partial charge in [0.1, 0.15) is 5.75 Å². The van der Waals surface area contributed by atoms with Crippen LogP contribution in [0, 0.1) is 17.8 Å². The van der Waals surface area contributed by atoms with E-state index in [2.05, 4.69) is 30.3 Å². The quantitative estimate of drug-likeness (QED) is 0.248. The second kappa shape index (κ2) is 9.79. The average molecular weight is 477 g/mol. The van der Waals surface area contributed by atoms with Gasteiger partial charge in [0.25, 0.3) is 0 Å². The molecule has 4 fully saturated rings. The Hall–Kier alpha value is -2.63. The van der Waals surface area contributed by atoms with Crippen molar-refractivity contribution >= 4 is 22.8 Å². The Balaban J connectivity index is 1.56. The average Bonchev–Trinajstić information content (AvgIpc) is 2.80. The van der Waals surface area contributed by atoms with E-state index in [1.807, 2.05) is 19.1 Å². The number of methoxy groups -OCH3 is 1. The number of hydrogen-bond acceptors (Lipinski definition) is 4. The van der Waals surface area contributed by atoms with Crippen LogP contribution in [0.3, 0.4) is 0 Å². The molecule has 0 saturated heterocycles. The summed E-state index contributed by atoms with van der Waals surface area (Å²) in [5, 5.41) is 11.3. The van der Waals surface area contributed by atoms with Crippen LogP contribution in [-0.4, -0.2) is 31.3 Å². The van der Waals surface area contributed by atoms with Crippen molar-refractivity contribution in [3.63, 3.8) is 0 Å². The van der Waals surface area contributed by atoms with Gasteiger partial charge in [-0.15, -0.1) is 0 Å². The third-order valence-corrected chi connectivity index (χ3v) is 8.18. The van der Waals surface area contributed by atoms with Gasteiger partial charge in [-0.2, -0.15) is 0 Å². The summed E-state index contributed by atoms with van der Waals surface area (Å²) in [4.78, 5) is 10.9. The number of aliphatic carboxylic acids is 1. The van der Waals surface area contributed by atoms with Gasteiger partial charge in [-0.1, -0.05) is 24.3 Å². The lowest BCUT2D eigenvalue weighted by Crippen LogP contribution is -2.48. The minimum Gasteiger partial charge on any atom is -0.478 e. The molecule has 0 radical (unpaired) electrons. The first-order chi connectivity index (χ1) is 16.9. The molecule has 186 valence electrons. The van der Waals surface area contributed by atoms with E-state index in [0.717, 1.165) is 34.5 Å². The molecule has 2 aromatic rings. The Labute approximate surface area is 207 Å². The molecule has 1 atom stereocenters. The van der Waals surface area contributed by atoms with E-state index in [9.17, 15) is 4.79 Å². The van der Waals surface area contributed by atoms with Gasteiger partial charge in [0.15, 0.2) is 0 Å². The molecule has 0 aromatic heterocycles. The summed E-state index contributed by atoms with van der Waals surface area (Å²) in [5.74, 6) is 2.43. The molecule has 5 nitrogen and oxygen atoms in total. The molecule has 0 spiro atoms. The van der Waals surface area contributed by atoms with Crippen LogP contribution in [0.15, 0.2) is 48.1 Å². The first-order valence-corrected chi connectivity index (χ1v) is 12.9. The molecule has 0 aliphatic heterocycles. The van der Waals surface area contributed by atoms with Crippen LogP contribution in [0.1, 0.15) is 63.5 Å². The number of hydrogen-bond donors (Lipinski definition) is 1. The van der Waals surface area contributed by atoms with Crippen LogP contribution in [0.2, 0.25) is 0 Å². The van der Waals surface area contributed by atoms with Gasteiger partial charge in [0, 0.05) is 18.7 Å². The largest absolute Gasteiger partial charge is 0.478 e. The Morgan fingerprint density at radius 2 is 1.77 bits per heavy atom. The molecular formula is C30H36O5. The summed E-state index contributed by atoms with van der Waals surface area (Å²) in [7, 11) is 1.62. The highest BCUT2D eigenvalue weighted by molar-refractivity contribution is 5.88. The predicted octanol–water partition coefficient (Wildman–Crippen LogP) is 6.70. The van der Waals surface area contributed by atoms with Crippen LogP contribution >= 0.6 is 0 Å². The molecular weight excluding hydrogens is 440 g/mol. The normalized spacial score (nSPS) is 28.7. The minimum absolute atomic E-state index is 0.162. The number of carboxylic acids is 1. The van der Waals surface area contributed by atoms with Crippen molar-refractivity contribution in [3.8, 4) is 5.75 Å². The predicted molar refractivity (Wildman–Crippen MR) is 137 cm³/mol. The second-order valence-corrected chi connectivity index (χ2v) is 10.8. The fourth-order valence-electron chi connectivity index (χ4n) is 7.21. The molecule has 1 N–H and O–H groups in total. The zero-order chi connectivity index (χ0) is 24.6. The summed E-state index contributed by atoms with van der Waals surface area (Å²) in [6.45, 7) is 3.53. The van der Waals surface area contributed by atoms with E-state index in [1.165, 1.54) is 55.6 Å². The standard InChI is InChI=1S/C30H36O5/c1-4-34-29(33-3)35-27-15-24-8-7-20(6-5-19(2)9-28(31)32)13-25(24)14-26(27)30-16-21-10-22(17-30)12-23(11-21)18-30/h5-9,13-15,21-23,29H,4,10-12,16-18H2,1-3H3,(H,31,32). The molecule has 1 unspecified atom stereocenters. The zero-order valence-corrected chi connectivity index (χ0v) is 21.0. The van der Waals surface area contributed by atoms with Gasteiger partial charge in [-0.05, 0) is 116 Å². The van der Waals surface area contributed by atoms with Gasteiger partial charge in [-0.3, -0.25) is 0 Å². The fraction of sp³-hybridized carbons (Fsp3) is 0.500. The summed E-state index contributed by atoms with van der Waals surface area (Å²) < 4.78 is 17.5. The number of carboxylic acid groups (broad SMARTS) is 1. The van der Waals surface area contributed by atoms with Crippen molar-refractivity contribution in [1.82, 2.24) is 0 Å². The number of rotatable bonds is 9. The van der Waals surface area contributed by atoms with E-state index in [1.54, 1.807) is 14.0 Å².